The summed E-state index contributed by atoms with van der Waals surface area (Å²) in [7, 11) is 1.61. The molecule has 4 aromatic rings. The molecule has 0 fully saturated rings. The molecular weight excluding hydrogens is 470 g/mol. The minimum Gasteiger partial charge on any atom is -0.497 e. The summed E-state index contributed by atoms with van der Waals surface area (Å²) in [5.74, 6) is 1.27. The van der Waals surface area contributed by atoms with E-state index in [1.165, 1.54) is 11.8 Å². The van der Waals surface area contributed by atoms with Gasteiger partial charge in [0.2, 0.25) is 0 Å². The summed E-state index contributed by atoms with van der Waals surface area (Å²) in [6.07, 6.45) is 0. The average molecular weight is 492 g/mol. The van der Waals surface area contributed by atoms with Crippen LogP contribution in [-0.4, -0.2) is 39.2 Å². The van der Waals surface area contributed by atoms with Gasteiger partial charge in [-0.15, -0.1) is 10.2 Å². The van der Waals surface area contributed by atoms with Crippen molar-refractivity contribution in [1.82, 2.24) is 20.2 Å². The number of halogens is 1. The predicted molar refractivity (Wildman–Crippen MR) is 136 cm³/mol. The van der Waals surface area contributed by atoms with Crippen molar-refractivity contribution < 1.29 is 9.53 Å². The van der Waals surface area contributed by atoms with Gasteiger partial charge in [0, 0.05) is 21.8 Å². The maximum atomic E-state index is 12.5. The molecule has 1 heterocycles. The molecule has 1 amide bonds. The third kappa shape index (κ3) is 5.65. The van der Waals surface area contributed by atoms with E-state index in [1.807, 2.05) is 90.4 Å². The van der Waals surface area contributed by atoms with Crippen LogP contribution in [0, 0.1) is 0 Å². The molecule has 0 saturated carbocycles. The van der Waals surface area contributed by atoms with E-state index >= 15 is 0 Å². The highest BCUT2D eigenvalue weighted by Crippen LogP contribution is 2.28. The van der Waals surface area contributed by atoms with Crippen molar-refractivity contribution in [3.63, 3.8) is 0 Å². The molecule has 0 saturated heterocycles. The van der Waals surface area contributed by atoms with Gasteiger partial charge in [-0.3, -0.25) is 9.36 Å². The minimum absolute atomic E-state index is 0.120. The molecule has 0 atom stereocenters. The Morgan fingerprint density at radius 1 is 1.06 bits per heavy atom. The van der Waals surface area contributed by atoms with Gasteiger partial charge in [-0.25, -0.2) is 5.43 Å². The smallest absolute Gasteiger partial charge is 0.250 e. The highest BCUT2D eigenvalue weighted by Gasteiger charge is 2.17. The number of rotatable bonds is 8. The van der Waals surface area contributed by atoms with E-state index in [0.717, 1.165) is 22.6 Å². The van der Waals surface area contributed by atoms with Crippen LogP contribution in [0.15, 0.2) is 89.1 Å². The Balaban J connectivity index is 1.51. The lowest BCUT2D eigenvalue weighted by Gasteiger charge is -2.10. The molecule has 9 heteroatoms. The second-order valence-electron chi connectivity index (χ2n) is 7.24. The molecule has 172 valence electrons. The molecule has 0 aliphatic rings. The predicted octanol–water partition coefficient (Wildman–Crippen LogP) is 5.23. The lowest BCUT2D eigenvalue weighted by molar-refractivity contribution is -0.118. The summed E-state index contributed by atoms with van der Waals surface area (Å²) in [6.45, 7) is 1.82. The van der Waals surface area contributed by atoms with Gasteiger partial charge >= 0.3 is 0 Å². The summed E-state index contributed by atoms with van der Waals surface area (Å²) in [4.78, 5) is 12.5. The lowest BCUT2D eigenvalue weighted by atomic mass is 10.1. The van der Waals surface area contributed by atoms with Crippen LogP contribution in [-0.2, 0) is 4.79 Å². The molecule has 1 aromatic heterocycles. The van der Waals surface area contributed by atoms with Gasteiger partial charge in [0.1, 0.15) is 5.75 Å². The molecular formula is C25H22ClN5O2S. The zero-order chi connectivity index (χ0) is 23.9. The summed E-state index contributed by atoms with van der Waals surface area (Å²) in [5.41, 5.74) is 5.91. The summed E-state index contributed by atoms with van der Waals surface area (Å²) < 4.78 is 7.15. The average Bonchev–Trinajstić information content (AvgIpc) is 3.31. The lowest BCUT2D eigenvalue weighted by Crippen LogP contribution is -2.21. The monoisotopic (exact) mass is 491 g/mol. The van der Waals surface area contributed by atoms with Gasteiger partial charge in [0.15, 0.2) is 11.0 Å². The summed E-state index contributed by atoms with van der Waals surface area (Å²) in [6, 6.07) is 24.7. The normalized spacial score (nSPS) is 11.3. The number of ether oxygens (including phenoxy) is 1. The third-order valence-corrected chi connectivity index (χ3v) is 6.10. The van der Waals surface area contributed by atoms with Crippen LogP contribution in [0.1, 0.15) is 12.5 Å². The van der Waals surface area contributed by atoms with Crippen LogP contribution >= 0.6 is 23.4 Å². The number of amides is 1. The first kappa shape index (κ1) is 23.5. The largest absolute Gasteiger partial charge is 0.497 e. The van der Waals surface area contributed by atoms with Gasteiger partial charge in [0.05, 0.1) is 18.6 Å². The maximum absolute atomic E-state index is 12.5. The Labute approximate surface area is 206 Å². The Bertz CT molecular complexity index is 1310. The number of methoxy groups -OCH3 is 1. The van der Waals surface area contributed by atoms with Crippen molar-refractivity contribution in [1.29, 1.82) is 0 Å². The number of hydrogen-bond donors (Lipinski definition) is 1. The van der Waals surface area contributed by atoms with Crippen molar-refractivity contribution in [2.45, 2.75) is 12.1 Å². The highest BCUT2D eigenvalue weighted by atomic mass is 35.5. The highest BCUT2D eigenvalue weighted by molar-refractivity contribution is 7.99. The standard InChI is InChI=1S/C25H22ClN5O2S/c1-17(19-9-6-10-22(15-19)33-2)27-28-23(32)16-34-25-30-29-24(18-7-4-3-5-8-18)31(25)21-13-11-20(26)12-14-21/h3-15H,16H2,1-2H3,(H,28,32)/b27-17+. The van der Waals surface area contributed by atoms with E-state index in [1.54, 1.807) is 7.11 Å². The third-order valence-electron chi connectivity index (χ3n) is 4.92. The molecule has 0 bridgehead atoms. The van der Waals surface area contributed by atoms with Gasteiger partial charge in [-0.05, 0) is 43.3 Å². The molecule has 0 radical (unpaired) electrons. The van der Waals surface area contributed by atoms with E-state index in [9.17, 15) is 4.79 Å². The van der Waals surface area contributed by atoms with E-state index < -0.39 is 0 Å². The molecule has 0 unspecified atom stereocenters. The van der Waals surface area contributed by atoms with Gasteiger partial charge in [0.25, 0.3) is 5.91 Å². The first-order valence-electron chi connectivity index (χ1n) is 10.4. The van der Waals surface area contributed by atoms with Crippen LogP contribution in [0.4, 0.5) is 0 Å². The van der Waals surface area contributed by atoms with Crippen molar-refractivity contribution in [2.24, 2.45) is 5.10 Å². The number of hydrogen-bond acceptors (Lipinski definition) is 6. The molecule has 1 N–H and O–H groups in total. The second kappa shape index (κ2) is 11.0. The van der Waals surface area contributed by atoms with Crippen molar-refractivity contribution in [3.05, 3.63) is 89.4 Å². The van der Waals surface area contributed by atoms with E-state index in [0.29, 0.717) is 21.7 Å². The number of hydrazone groups is 1. The van der Waals surface area contributed by atoms with Gasteiger partial charge in [-0.2, -0.15) is 5.10 Å². The zero-order valence-electron chi connectivity index (χ0n) is 18.6. The fourth-order valence-corrected chi connectivity index (χ4v) is 4.05. The van der Waals surface area contributed by atoms with Gasteiger partial charge in [-0.1, -0.05) is 65.8 Å². The molecule has 7 nitrogen and oxygen atoms in total. The molecule has 0 spiro atoms. The Morgan fingerprint density at radius 2 is 1.82 bits per heavy atom. The Kier molecular flexibility index (Phi) is 7.61. The fraction of sp³-hybridized carbons (Fsp3) is 0.120. The zero-order valence-corrected chi connectivity index (χ0v) is 20.2. The second-order valence-corrected chi connectivity index (χ2v) is 8.62. The number of carbonyl (C=O) groups excluding carboxylic acids is 1. The molecule has 34 heavy (non-hydrogen) atoms. The summed E-state index contributed by atoms with van der Waals surface area (Å²) in [5, 5.41) is 14.2. The maximum Gasteiger partial charge on any atom is 0.250 e. The number of thioether (sulfide) groups is 1. The number of nitrogens with one attached hydrogen (secondary N) is 1. The number of aromatic nitrogens is 3. The molecule has 3 aromatic carbocycles. The van der Waals surface area contributed by atoms with Crippen LogP contribution < -0.4 is 10.2 Å². The SMILES string of the molecule is COc1cccc(/C(C)=N/NC(=O)CSc2nnc(-c3ccccc3)n2-c2ccc(Cl)cc2)c1. The number of carbonyl (C=O) groups is 1. The Hall–Kier alpha value is -3.62. The van der Waals surface area contributed by atoms with E-state index in [4.69, 9.17) is 16.3 Å². The van der Waals surface area contributed by atoms with Crippen molar-refractivity contribution >= 4 is 35.0 Å². The van der Waals surface area contributed by atoms with E-state index in [-0.39, 0.29) is 11.7 Å². The van der Waals surface area contributed by atoms with Crippen LogP contribution in [0.2, 0.25) is 5.02 Å². The van der Waals surface area contributed by atoms with Gasteiger partial charge < -0.3 is 4.74 Å². The topological polar surface area (TPSA) is 81.4 Å². The number of nitrogens with zero attached hydrogens (tertiary/aromatic N) is 4. The molecule has 0 aliphatic carbocycles. The van der Waals surface area contributed by atoms with Crippen LogP contribution in [0.3, 0.4) is 0 Å². The quantitative estimate of drug-likeness (QED) is 0.207. The number of benzene rings is 3. The fourth-order valence-electron chi connectivity index (χ4n) is 3.18. The van der Waals surface area contributed by atoms with Crippen molar-refractivity contribution in [2.75, 3.05) is 12.9 Å². The first-order chi connectivity index (χ1) is 16.5. The Morgan fingerprint density at radius 3 is 2.56 bits per heavy atom. The van der Waals surface area contributed by atoms with Crippen LogP contribution in [0.5, 0.6) is 5.75 Å². The first-order valence-corrected chi connectivity index (χ1v) is 11.8. The van der Waals surface area contributed by atoms with Crippen molar-refractivity contribution in [3.8, 4) is 22.8 Å². The molecule has 0 aliphatic heterocycles. The minimum atomic E-state index is -0.251. The van der Waals surface area contributed by atoms with Crippen LogP contribution in [0.25, 0.3) is 17.1 Å². The summed E-state index contributed by atoms with van der Waals surface area (Å²) >= 11 is 7.35. The molecule has 4 rings (SSSR count). The van der Waals surface area contributed by atoms with E-state index in [2.05, 4.69) is 20.7 Å².